The van der Waals surface area contributed by atoms with Crippen LogP contribution in [-0.4, -0.2) is 20.8 Å². The Hall–Kier alpha value is -0.580. The first kappa shape index (κ1) is 11.5. The van der Waals surface area contributed by atoms with Gasteiger partial charge in [-0.25, -0.2) is 0 Å². The fraction of sp³-hybridized carbons (Fsp3) is 0.400. The van der Waals surface area contributed by atoms with Crippen LogP contribution in [0.4, 0.5) is 0 Å². The third kappa shape index (κ3) is 2.97. The van der Waals surface area contributed by atoms with Gasteiger partial charge >= 0.3 is 0 Å². The molecule has 1 aromatic carbocycles. The van der Waals surface area contributed by atoms with Crippen LogP contribution in [0.1, 0.15) is 11.7 Å². The smallest absolute Gasteiger partial charge is 0.119 e. The molecular formula is C10H14BrNO2. The van der Waals surface area contributed by atoms with Gasteiger partial charge in [-0.2, -0.15) is 0 Å². The van der Waals surface area contributed by atoms with E-state index in [9.17, 15) is 0 Å². The molecule has 3 nitrogen and oxygen atoms in total. The fourth-order valence-electron chi connectivity index (χ4n) is 1.25. The third-order valence-electron chi connectivity index (χ3n) is 2.01. The molecule has 0 aliphatic heterocycles. The van der Waals surface area contributed by atoms with E-state index in [-0.39, 0.29) is 6.10 Å². The molecule has 0 aliphatic carbocycles. The average molecular weight is 260 g/mol. The predicted molar refractivity (Wildman–Crippen MR) is 59.7 cm³/mol. The molecule has 78 valence electrons. The van der Waals surface area contributed by atoms with Crippen LogP contribution in [-0.2, 0) is 4.74 Å². The first-order valence-corrected chi connectivity index (χ1v) is 5.11. The van der Waals surface area contributed by atoms with Gasteiger partial charge in [-0.15, -0.1) is 0 Å². The molecule has 0 fully saturated rings. The maximum absolute atomic E-state index is 5.33. The molecule has 0 aromatic heterocycles. The van der Waals surface area contributed by atoms with Crippen LogP contribution in [0.3, 0.4) is 0 Å². The predicted octanol–water partition coefficient (Wildman–Crippen LogP) is 2.28. The number of halogens is 1. The number of nitrogens with one attached hydrogen (secondary N) is 1. The molecule has 0 saturated heterocycles. The van der Waals surface area contributed by atoms with Gasteiger partial charge in [-0.05, 0) is 17.7 Å². The lowest BCUT2D eigenvalue weighted by Crippen LogP contribution is -2.14. The highest BCUT2D eigenvalue weighted by Crippen LogP contribution is 2.20. The van der Waals surface area contributed by atoms with E-state index >= 15 is 0 Å². The Balaban J connectivity index is 2.80. The normalized spacial score (nSPS) is 12.5. The van der Waals surface area contributed by atoms with Gasteiger partial charge in [-0.3, -0.25) is 4.34 Å². The van der Waals surface area contributed by atoms with Gasteiger partial charge < -0.3 is 9.47 Å². The molecule has 1 unspecified atom stereocenters. The number of hydrogen-bond donors (Lipinski definition) is 1. The van der Waals surface area contributed by atoms with Gasteiger partial charge in [0.05, 0.1) is 13.2 Å². The molecule has 4 heteroatoms. The highest BCUT2D eigenvalue weighted by molar-refractivity contribution is 9.08. The topological polar surface area (TPSA) is 30.5 Å². The Morgan fingerprint density at radius 1 is 1.43 bits per heavy atom. The zero-order valence-corrected chi connectivity index (χ0v) is 9.87. The Morgan fingerprint density at radius 3 is 2.79 bits per heavy atom. The first-order valence-electron chi connectivity index (χ1n) is 4.32. The van der Waals surface area contributed by atoms with E-state index in [1.54, 1.807) is 14.2 Å². The molecule has 1 rings (SSSR count). The number of rotatable bonds is 5. The fourth-order valence-corrected chi connectivity index (χ4v) is 1.54. The van der Waals surface area contributed by atoms with Crippen molar-refractivity contribution in [2.75, 3.05) is 20.8 Å². The summed E-state index contributed by atoms with van der Waals surface area (Å²) in [4.78, 5) is 0. The van der Waals surface area contributed by atoms with Crippen molar-refractivity contribution in [3.05, 3.63) is 29.8 Å². The molecular weight excluding hydrogens is 246 g/mol. The molecule has 0 saturated carbocycles. The quantitative estimate of drug-likeness (QED) is 0.824. The van der Waals surface area contributed by atoms with Crippen LogP contribution in [0.5, 0.6) is 5.75 Å². The summed E-state index contributed by atoms with van der Waals surface area (Å²) in [5.74, 6) is 0.846. The van der Waals surface area contributed by atoms with Crippen molar-refractivity contribution in [1.29, 1.82) is 0 Å². The Morgan fingerprint density at radius 2 is 2.21 bits per heavy atom. The number of ether oxygens (including phenoxy) is 2. The second kappa shape index (κ2) is 6.01. The Kier molecular flexibility index (Phi) is 4.93. The van der Waals surface area contributed by atoms with Crippen LogP contribution in [0.25, 0.3) is 0 Å². The maximum Gasteiger partial charge on any atom is 0.119 e. The van der Waals surface area contributed by atoms with Crippen LogP contribution in [0.2, 0.25) is 0 Å². The summed E-state index contributed by atoms with van der Waals surface area (Å²) in [5.41, 5.74) is 1.10. The molecule has 0 radical (unpaired) electrons. The minimum absolute atomic E-state index is 0.0319. The molecule has 1 aromatic rings. The van der Waals surface area contributed by atoms with Crippen molar-refractivity contribution in [2.45, 2.75) is 6.10 Å². The summed E-state index contributed by atoms with van der Waals surface area (Å²) in [7, 11) is 3.35. The van der Waals surface area contributed by atoms with Crippen LogP contribution < -0.4 is 9.08 Å². The van der Waals surface area contributed by atoms with Crippen molar-refractivity contribution in [3.63, 3.8) is 0 Å². The second-order valence-corrected chi connectivity index (χ2v) is 3.40. The van der Waals surface area contributed by atoms with E-state index in [2.05, 4.69) is 20.5 Å². The molecule has 0 amide bonds. The number of benzene rings is 1. The zero-order chi connectivity index (χ0) is 10.4. The molecule has 0 bridgehead atoms. The lowest BCUT2D eigenvalue weighted by Gasteiger charge is -2.15. The van der Waals surface area contributed by atoms with Crippen LogP contribution >= 0.6 is 16.1 Å². The zero-order valence-electron chi connectivity index (χ0n) is 8.29. The summed E-state index contributed by atoms with van der Waals surface area (Å²) < 4.78 is 13.4. The van der Waals surface area contributed by atoms with Gasteiger partial charge in [0, 0.05) is 29.8 Å². The van der Waals surface area contributed by atoms with Gasteiger partial charge in [0.2, 0.25) is 0 Å². The van der Waals surface area contributed by atoms with Crippen LogP contribution in [0.15, 0.2) is 24.3 Å². The Bertz CT molecular complexity index is 281. The molecule has 0 spiro atoms. The highest BCUT2D eigenvalue weighted by Gasteiger charge is 2.09. The monoisotopic (exact) mass is 259 g/mol. The molecule has 14 heavy (non-hydrogen) atoms. The van der Waals surface area contributed by atoms with E-state index in [0.717, 1.165) is 11.3 Å². The first-order chi connectivity index (χ1) is 6.81. The minimum atomic E-state index is 0.0319. The van der Waals surface area contributed by atoms with Crippen molar-refractivity contribution in [2.24, 2.45) is 0 Å². The van der Waals surface area contributed by atoms with Gasteiger partial charge in [-0.1, -0.05) is 12.1 Å². The van der Waals surface area contributed by atoms with E-state index < -0.39 is 0 Å². The van der Waals surface area contributed by atoms with E-state index in [4.69, 9.17) is 9.47 Å². The summed E-state index contributed by atoms with van der Waals surface area (Å²) in [6.45, 7) is 0.712. The lowest BCUT2D eigenvalue weighted by atomic mass is 10.1. The third-order valence-corrected chi connectivity index (χ3v) is 2.34. The van der Waals surface area contributed by atoms with Crippen molar-refractivity contribution >= 4 is 16.1 Å². The van der Waals surface area contributed by atoms with E-state index in [1.165, 1.54) is 0 Å². The van der Waals surface area contributed by atoms with Crippen LogP contribution in [0, 0.1) is 0 Å². The molecule has 0 heterocycles. The van der Waals surface area contributed by atoms with Gasteiger partial charge in [0.1, 0.15) is 5.75 Å². The summed E-state index contributed by atoms with van der Waals surface area (Å²) in [6, 6.07) is 7.85. The van der Waals surface area contributed by atoms with E-state index in [0.29, 0.717) is 6.54 Å². The SMILES string of the molecule is COc1cccc(C(CNBr)OC)c1. The summed E-state index contributed by atoms with van der Waals surface area (Å²) in [6.07, 6.45) is 0.0319. The molecule has 1 N–H and O–H groups in total. The van der Waals surface area contributed by atoms with Gasteiger partial charge in [0.15, 0.2) is 0 Å². The van der Waals surface area contributed by atoms with Gasteiger partial charge in [0.25, 0.3) is 0 Å². The van der Waals surface area contributed by atoms with Crippen molar-refractivity contribution < 1.29 is 9.47 Å². The van der Waals surface area contributed by atoms with E-state index in [1.807, 2.05) is 24.3 Å². The Labute approximate surface area is 92.7 Å². The second-order valence-electron chi connectivity index (χ2n) is 2.84. The highest BCUT2D eigenvalue weighted by atomic mass is 79.9. The minimum Gasteiger partial charge on any atom is -0.497 e. The standard InChI is InChI=1S/C10H14BrNO2/c1-13-9-5-3-4-8(6-9)10(14-2)7-12-11/h3-6,10,12H,7H2,1-2H3. The lowest BCUT2D eigenvalue weighted by molar-refractivity contribution is 0.108. The largest absolute Gasteiger partial charge is 0.497 e. The molecule has 1 atom stereocenters. The van der Waals surface area contributed by atoms with Crippen molar-refractivity contribution in [1.82, 2.24) is 4.34 Å². The summed E-state index contributed by atoms with van der Waals surface area (Å²) in [5, 5.41) is 0. The summed E-state index contributed by atoms with van der Waals surface area (Å²) >= 11 is 3.16. The average Bonchev–Trinajstić information content (AvgIpc) is 2.26. The maximum atomic E-state index is 5.33. The van der Waals surface area contributed by atoms with Crippen molar-refractivity contribution in [3.8, 4) is 5.75 Å². The molecule has 0 aliphatic rings. The number of hydrogen-bond acceptors (Lipinski definition) is 3. The number of methoxy groups -OCH3 is 2.